The minimum atomic E-state index is -0.522. The summed E-state index contributed by atoms with van der Waals surface area (Å²) in [6.07, 6.45) is 0. The Morgan fingerprint density at radius 3 is 2.30 bits per heavy atom. The maximum absolute atomic E-state index is 12.4. The molecule has 1 aromatic carbocycles. The van der Waals surface area contributed by atoms with Gasteiger partial charge in [-0.3, -0.25) is 19.7 Å². The smallest absolute Gasteiger partial charge is 0.324 e. The van der Waals surface area contributed by atoms with Crippen LogP contribution < -0.4 is 4.74 Å². The number of aromatic hydroxyl groups is 1. The van der Waals surface area contributed by atoms with Crippen LogP contribution in [0, 0.1) is 10.1 Å². The molecule has 10 heteroatoms. The molecule has 1 saturated heterocycles. The molecule has 0 radical (unpaired) electrons. The Labute approximate surface area is 158 Å². The van der Waals surface area contributed by atoms with Crippen LogP contribution in [0.3, 0.4) is 0 Å². The average molecular weight is 391 g/mol. The van der Waals surface area contributed by atoms with Gasteiger partial charge < -0.3 is 19.6 Å². The summed E-state index contributed by atoms with van der Waals surface area (Å²) in [7, 11) is 0. The monoisotopic (exact) mass is 391 g/mol. The SMILES string of the molecule is O=C(COc1ccc(O)cc1)N1CCN(C(=O)c2ccc([N+](=O)[O-])s2)CC1. The van der Waals surface area contributed by atoms with Crippen molar-refractivity contribution in [2.24, 2.45) is 0 Å². The van der Waals surface area contributed by atoms with Crippen molar-refractivity contribution in [3.05, 3.63) is 51.4 Å². The lowest BCUT2D eigenvalue weighted by Crippen LogP contribution is -2.51. The Bertz CT molecular complexity index is 843. The molecular formula is C17H17N3O6S. The van der Waals surface area contributed by atoms with E-state index in [1.807, 2.05) is 0 Å². The topological polar surface area (TPSA) is 113 Å². The third kappa shape index (κ3) is 4.53. The molecule has 2 aromatic rings. The first kappa shape index (κ1) is 18.6. The molecule has 2 amide bonds. The fourth-order valence-corrected chi connectivity index (χ4v) is 3.42. The Balaban J connectivity index is 1.48. The van der Waals surface area contributed by atoms with E-state index in [-0.39, 0.29) is 29.2 Å². The molecule has 0 unspecified atom stereocenters. The van der Waals surface area contributed by atoms with E-state index in [0.29, 0.717) is 36.8 Å². The van der Waals surface area contributed by atoms with Crippen molar-refractivity contribution in [3.63, 3.8) is 0 Å². The summed E-state index contributed by atoms with van der Waals surface area (Å²) in [5.41, 5.74) is 0. The van der Waals surface area contributed by atoms with Gasteiger partial charge in [-0.2, -0.15) is 0 Å². The van der Waals surface area contributed by atoms with Gasteiger partial charge in [-0.1, -0.05) is 11.3 Å². The van der Waals surface area contributed by atoms with E-state index in [4.69, 9.17) is 4.74 Å². The number of phenols is 1. The normalized spacial score (nSPS) is 14.1. The van der Waals surface area contributed by atoms with E-state index in [1.165, 1.54) is 24.3 Å². The lowest BCUT2D eigenvalue weighted by Gasteiger charge is -2.34. The second kappa shape index (κ2) is 8.04. The zero-order valence-electron chi connectivity index (χ0n) is 14.2. The lowest BCUT2D eigenvalue weighted by molar-refractivity contribution is -0.380. The number of carbonyl (C=O) groups excluding carboxylic acids is 2. The number of ether oxygens (including phenoxy) is 1. The highest BCUT2D eigenvalue weighted by Gasteiger charge is 2.26. The quantitative estimate of drug-likeness (QED) is 0.613. The van der Waals surface area contributed by atoms with Crippen LogP contribution in [0.25, 0.3) is 0 Å². The van der Waals surface area contributed by atoms with Gasteiger partial charge in [-0.05, 0) is 30.3 Å². The molecule has 1 aromatic heterocycles. The predicted octanol–water partition coefficient (Wildman–Crippen LogP) is 1.73. The summed E-state index contributed by atoms with van der Waals surface area (Å²) >= 11 is 0.848. The molecule has 0 bridgehead atoms. The van der Waals surface area contributed by atoms with Crippen LogP contribution in [0.4, 0.5) is 5.00 Å². The largest absolute Gasteiger partial charge is 0.508 e. The van der Waals surface area contributed by atoms with Gasteiger partial charge >= 0.3 is 5.00 Å². The molecule has 0 atom stereocenters. The summed E-state index contributed by atoms with van der Waals surface area (Å²) in [5.74, 6) is 0.141. The standard InChI is InChI=1S/C17H17N3O6S/c21-12-1-3-13(4-2-12)26-11-15(22)18-7-9-19(10-8-18)17(23)14-5-6-16(27-14)20(24)25/h1-6,21H,7-11H2. The second-order valence-corrected chi connectivity index (χ2v) is 6.91. The van der Waals surface area contributed by atoms with Crippen LogP contribution in [0.15, 0.2) is 36.4 Å². The van der Waals surface area contributed by atoms with Crippen molar-refractivity contribution in [1.82, 2.24) is 9.80 Å². The van der Waals surface area contributed by atoms with Crippen molar-refractivity contribution in [2.75, 3.05) is 32.8 Å². The van der Waals surface area contributed by atoms with Crippen LogP contribution >= 0.6 is 11.3 Å². The molecule has 1 aliphatic rings. The van der Waals surface area contributed by atoms with Crippen LogP contribution in [0.2, 0.25) is 0 Å². The third-order valence-electron chi connectivity index (χ3n) is 4.10. The maximum atomic E-state index is 12.4. The fraction of sp³-hybridized carbons (Fsp3) is 0.294. The molecule has 9 nitrogen and oxygen atoms in total. The number of carbonyl (C=O) groups is 2. The first-order valence-corrected chi connectivity index (χ1v) is 8.99. The fourth-order valence-electron chi connectivity index (χ4n) is 2.63. The third-order valence-corrected chi connectivity index (χ3v) is 5.13. The van der Waals surface area contributed by atoms with E-state index < -0.39 is 4.92 Å². The van der Waals surface area contributed by atoms with Crippen LogP contribution in [-0.2, 0) is 4.79 Å². The number of nitro groups is 1. The molecule has 2 heterocycles. The Kier molecular flexibility index (Phi) is 5.55. The number of rotatable bonds is 5. The Morgan fingerprint density at radius 1 is 1.07 bits per heavy atom. The number of piperazine rings is 1. The molecule has 1 aliphatic heterocycles. The minimum absolute atomic E-state index is 0.0708. The molecule has 142 valence electrons. The summed E-state index contributed by atoms with van der Waals surface area (Å²) in [4.78, 5) is 38.4. The number of phenolic OH excluding ortho intramolecular Hbond substituents is 1. The summed E-state index contributed by atoms with van der Waals surface area (Å²) < 4.78 is 5.40. The summed E-state index contributed by atoms with van der Waals surface area (Å²) in [5, 5.41) is 19.9. The van der Waals surface area contributed by atoms with E-state index >= 15 is 0 Å². The molecule has 27 heavy (non-hydrogen) atoms. The highest BCUT2D eigenvalue weighted by atomic mass is 32.1. The number of thiophene rings is 1. The molecule has 0 saturated carbocycles. The van der Waals surface area contributed by atoms with Gasteiger partial charge in [-0.15, -0.1) is 0 Å². The van der Waals surface area contributed by atoms with Crippen LogP contribution in [0.1, 0.15) is 9.67 Å². The zero-order chi connectivity index (χ0) is 19.4. The number of benzene rings is 1. The van der Waals surface area contributed by atoms with Gasteiger partial charge in [0.1, 0.15) is 11.5 Å². The maximum Gasteiger partial charge on any atom is 0.324 e. The van der Waals surface area contributed by atoms with Crippen molar-refractivity contribution in [2.45, 2.75) is 0 Å². The molecule has 3 rings (SSSR count). The van der Waals surface area contributed by atoms with Crippen molar-refractivity contribution < 1.29 is 24.4 Å². The average Bonchev–Trinajstić information content (AvgIpc) is 3.17. The van der Waals surface area contributed by atoms with E-state index in [0.717, 1.165) is 11.3 Å². The van der Waals surface area contributed by atoms with Crippen LogP contribution in [-0.4, -0.2) is 64.4 Å². The van der Waals surface area contributed by atoms with Crippen molar-refractivity contribution >= 4 is 28.2 Å². The Hall–Kier alpha value is -3.14. The van der Waals surface area contributed by atoms with Crippen LogP contribution in [0.5, 0.6) is 11.5 Å². The molecule has 1 fully saturated rings. The van der Waals surface area contributed by atoms with Gasteiger partial charge in [0.05, 0.1) is 9.80 Å². The number of nitrogens with zero attached hydrogens (tertiary/aromatic N) is 3. The van der Waals surface area contributed by atoms with Gasteiger partial charge in [0.25, 0.3) is 11.8 Å². The first-order chi connectivity index (χ1) is 12.9. The second-order valence-electron chi connectivity index (χ2n) is 5.85. The summed E-state index contributed by atoms with van der Waals surface area (Å²) in [6.45, 7) is 1.33. The summed E-state index contributed by atoms with van der Waals surface area (Å²) in [6, 6.07) is 8.85. The first-order valence-electron chi connectivity index (χ1n) is 8.17. The van der Waals surface area contributed by atoms with Gasteiger partial charge in [0.15, 0.2) is 6.61 Å². The Morgan fingerprint density at radius 2 is 1.70 bits per heavy atom. The zero-order valence-corrected chi connectivity index (χ0v) is 15.1. The van der Waals surface area contributed by atoms with Gasteiger partial charge in [0.2, 0.25) is 0 Å². The lowest BCUT2D eigenvalue weighted by atomic mass is 10.3. The highest BCUT2D eigenvalue weighted by Crippen LogP contribution is 2.25. The number of hydrogen-bond acceptors (Lipinski definition) is 7. The van der Waals surface area contributed by atoms with E-state index in [2.05, 4.69) is 0 Å². The van der Waals surface area contributed by atoms with E-state index in [9.17, 15) is 24.8 Å². The van der Waals surface area contributed by atoms with Gasteiger partial charge in [0, 0.05) is 32.2 Å². The molecular weight excluding hydrogens is 374 g/mol. The molecule has 0 spiro atoms. The van der Waals surface area contributed by atoms with Gasteiger partial charge in [-0.25, -0.2) is 0 Å². The number of hydrogen-bond donors (Lipinski definition) is 1. The van der Waals surface area contributed by atoms with E-state index in [1.54, 1.807) is 21.9 Å². The van der Waals surface area contributed by atoms with Crippen molar-refractivity contribution in [1.29, 1.82) is 0 Å². The molecule has 0 aliphatic carbocycles. The predicted molar refractivity (Wildman–Crippen MR) is 97.1 cm³/mol. The van der Waals surface area contributed by atoms with Crippen molar-refractivity contribution in [3.8, 4) is 11.5 Å². The highest BCUT2D eigenvalue weighted by molar-refractivity contribution is 7.17. The minimum Gasteiger partial charge on any atom is -0.508 e. The number of amides is 2. The molecule has 1 N–H and O–H groups in total.